The van der Waals surface area contributed by atoms with E-state index in [1.54, 1.807) is 0 Å². The number of nitrogens with one attached hydrogen (secondary N) is 1. The van der Waals surface area contributed by atoms with Gasteiger partial charge in [0.15, 0.2) is 0 Å². The molecule has 5 nitrogen and oxygen atoms in total. The topological polar surface area (TPSA) is 75.6 Å². The maximum atomic E-state index is 10.8. The molecule has 16 heavy (non-hydrogen) atoms. The minimum atomic E-state index is -0.827. The Morgan fingerprint density at radius 3 is 2.56 bits per heavy atom. The molecule has 0 radical (unpaired) electrons. The zero-order valence-corrected chi connectivity index (χ0v) is 9.99. The maximum Gasteiger partial charge on any atom is 0.320 e. The SMILES string of the molecule is CCCC[C@H](NCCCC(=O)OC)C(=O)O. The number of hydrogen-bond donors (Lipinski definition) is 2. The molecule has 0 aromatic carbocycles. The van der Waals surface area contributed by atoms with E-state index >= 15 is 0 Å². The second-order valence-electron chi connectivity index (χ2n) is 3.67. The van der Waals surface area contributed by atoms with Crippen LogP contribution in [0.4, 0.5) is 0 Å². The summed E-state index contributed by atoms with van der Waals surface area (Å²) < 4.78 is 4.49. The van der Waals surface area contributed by atoms with Gasteiger partial charge in [0, 0.05) is 6.42 Å². The molecule has 0 aliphatic heterocycles. The van der Waals surface area contributed by atoms with Gasteiger partial charge in [-0.2, -0.15) is 0 Å². The van der Waals surface area contributed by atoms with E-state index in [4.69, 9.17) is 5.11 Å². The van der Waals surface area contributed by atoms with Crippen molar-refractivity contribution < 1.29 is 19.4 Å². The molecule has 0 amide bonds. The van der Waals surface area contributed by atoms with Crippen molar-refractivity contribution in [3.8, 4) is 0 Å². The lowest BCUT2D eigenvalue weighted by atomic mass is 10.1. The number of carboxylic acid groups (broad SMARTS) is 1. The van der Waals surface area contributed by atoms with Crippen LogP contribution in [0.25, 0.3) is 0 Å². The van der Waals surface area contributed by atoms with E-state index in [-0.39, 0.29) is 5.97 Å². The lowest BCUT2D eigenvalue weighted by Crippen LogP contribution is -2.37. The standard InChI is InChI=1S/C11H21NO4/c1-3-4-6-9(11(14)15)12-8-5-7-10(13)16-2/h9,12H,3-8H2,1-2H3,(H,14,15)/t9-/m0/s1. The lowest BCUT2D eigenvalue weighted by Gasteiger charge is -2.13. The molecule has 0 aliphatic carbocycles. The molecule has 94 valence electrons. The first-order valence-corrected chi connectivity index (χ1v) is 5.64. The molecule has 0 rings (SSSR count). The summed E-state index contributed by atoms with van der Waals surface area (Å²) >= 11 is 0. The number of methoxy groups -OCH3 is 1. The largest absolute Gasteiger partial charge is 0.480 e. The number of carboxylic acids is 1. The van der Waals surface area contributed by atoms with Crippen LogP contribution >= 0.6 is 0 Å². The average Bonchev–Trinajstić information content (AvgIpc) is 2.27. The van der Waals surface area contributed by atoms with Gasteiger partial charge in [-0.25, -0.2) is 0 Å². The van der Waals surface area contributed by atoms with Gasteiger partial charge < -0.3 is 15.2 Å². The van der Waals surface area contributed by atoms with Gasteiger partial charge in [-0.1, -0.05) is 19.8 Å². The van der Waals surface area contributed by atoms with Crippen molar-refractivity contribution in [1.82, 2.24) is 5.32 Å². The maximum absolute atomic E-state index is 10.8. The quantitative estimate of drug-likeness (QED) is 0.460. The van der Waals surface area contributed by atoms with E-state index in [0.717, 1.165) is 12.8 Å². The third-order valence-electron chi connectivity index (χ3n) is 2.32. The Hall–Kier alpha value is -1.10. The molecule has 5 heteroatoms. The van der Waals surface area contributed by atoms with Crippen LogP contribution in [0.3, 0.4) is 0 Å². The van der Waals surface area contributed by atoms with Crippen LogP contribution in [0.5, 0.6) is 0 Å². The van der Waals surface area contributed by atoms with Gasteiger partial charge in [-0.15, -0.1) is 0 Å². The Kier molecular flexibility index (Phi) is 8.52. The summed E-state index contributed by atoms with van der Waals surface area (Å²) in [6.07, 6.45) is 3.42. The highest BCUT2D eigenvalue weighted by molar-refractivity contribution is 5.73. The average molecular weight is 231 g/mol. The van der Waals surface area contributed by atoms with E-state index in [0.29, 0.717) is 25.8 Å². The van der Waals surface area contributed by atoms with E-state index in [2.05, 4.69) is 10.1 Å². The molecule has 1 atom stereocenters. The van der Waals surface area contributed by atoms with E-state index < -0.39 is 12.0 Å². The van der Waals surface area contributed by atoms with Crippen LogP contribution in [0.15, 0.2) is 0 Å². The first kappa shape index (κ1) is 14.9. The molecule has 0 aliphatic rings. The Bertz CT molecular complexity index is 218. The van der Waals surface area contributed by atoms with Crippen molar-refractivity contribution in [2.75, 3.05) is 13.7 Å². The molecule has 2 N–H and O–H groups in total. The Morgan fingerprint density at radius 1 is 1.38 bits per heavy atom. The van der Waals surface area contributed by atoms with E-state index in [9.17, 15) is 9.59 Å². The molecule has 0 aromatic rings. The molecular weight excluding hydrogens is 210 g/mol. The summed E-state index contributed by atoms with van der Waals surface area (Å²) in [4.78, 5) is 21.6. The monoisotopic (exact) mass is 231 g/mol. The first-order valence-electron chi connectivity index (χ1n) is 5.64. The van der Waals surface area contributed by atoms with Gasteiger partial charge in [0.25, 0.3) is 0 Å². The minimum Gasteiger partial charge on any atom is -0.480 e. The normalized spacial score (nSPS) is 12.1. The van der Waals surface area contributed by atoms with Crippen molar-refractivity contribution >= 4 is 11.9 Å². The van der Waals surface area contributed by atoms with Crippen LogP contribution in [0, 0.1) is 0 Å². The van der Waals surface area contributed by atoms with Crippen LogP contribution in [-0.2, 0) is 14.3 Å². The van der Waals surface area contributed by atoms with Crippen molar-refractivity contribution in [3.63, 3.8) is 0 Å². The van der Waals surface area contributed by atoms with Crippen molar-refractivity contribution in [1.29, 1.82) is 0 Å². The number of aliphatic carboxylic acids is 1. The van der Waals surface area contributed by atoms with Crippen molar-refractivity contribution in [2.45, 2.75) is 45.1 Å². The van der Waals surface area contributed by atoms with Crippen LogP contribution in [-0.4, -0.2) is 36.7 Å². The number of hydrogen-bond acceptors (Lipinski definition) is 4. The number of carbonyl (C=O) groups excluding carboxylic acids is 1. The first-order chi connectivity index (χ1) is 7.61. The van der Waals surface area contributed by atoms with Gasteiger partial charge in [0.1, 0.15) is 6.04 Å². The number of unbranched alkanes of at least 4 members (excludes halogenated alkanes) is 1. The fourth-order valence-electron chi connectivity index (χ4n) is 1.33. The molecule has 0 unspecified atom stereocenters. The number of carbonyl (C=O) groups is 2. The second-order valence-corrected chi connectivity index (χ2v) is 3.67. The van der Waals surface area contributed by atoms with Crippen LogP contribution in [0.1, 0.15) is 39.0 Å². The smallest absolute Gasteiger partial charge is 0.320 e. The van der Waals surface area contributed by atoms with Crippen LogP contribution in [0.2, 0.25) is 0 Å². The van der Waals surface area contributed by atoms with E-state index in [1.807, 2.05) is 6.92 Å². The van der Waals surface area contributed by atoms with Gasteiger partial charge in [-0.05, 0) is 19.4 Å². The molecule has 0 fully saturated rings. The Labute approximate surface area is 96.2 Å². The predicted octanol–water partition coefficient (Wildman–Crippen LogP) is 1.17. The summed E-state index contributed by atoms with van der Waals surface area (Å²) in [5, 5.41) is 11.8. The summed E-state index contributed by atoms with van der Waals surface area (Å²) in [7, 11) is 1.34. The van der Waals surface area contributed by atoms with Gasteiger partial charge in [0.05, 0.1) is 7.11 Å². The Balaban J connectivity index is 3.67. The zero-order chi connectivity index (χ0) is 12.4. The minimum absolute atomic E-state index is 0.262. The van der Waals surface area contributed by atoms with Crippen molar-refractivity contribution in [3.05, 3.63) is 0 Å². The molecule has 0 spiro atoms. The second kappa shape index (κ2) is 9.15. The fourth-order valence-corrected chi connectivity index (χ4v) is 1.33. The van der Waals surface area contributed by atoms with Crippen molar-refractivity contribution in [2.24, 2.45) is 0 Å². The summed E-state index contributed by atoms with van der Waals surface area (Å²) in [6.45, 7) is 2.55. The highest BCUT2D eigenvalue weighted by Gasteiger charge is 2.15. The number of rotatable bonds is 9. The highest BCUT2D eigenvalue weighted by Crippen LogP contribution is 2.01. The fraction of sp³-hybridized carbons (Fsp3) is 0.818. The van der Waals surface area contributed by atoms with Gasteiger partial charge >= 0.3 is 11.9 Å². The molecule has 0 saturated carbocycles. The zero-order valence-electron chi connectivity index (χ0n) is 9.99. The molecule has 0 aromatic heterocycles. The summed E-state index contributed by atoms with van der Waals surface area (Å²) in [6, 6.07) is -0.502. The third-order valence-corrected chi connectivity index (χ3v) is 2.32. The van der Waals surface area contributed by atoms with Crippen LogP contribution < -0.4 is 5.32 Å². The molecule has 0 bridgehead atoms. The van der Waals surface area contributed by atoms with E-state index in [1.165, 1.54) is 7.11 Å². The molecule has 0 saturated heterocycles. The predicted molar refractivity (Wildman–Crippen MR) is 60.2 cm³/mol. The number of ether oxygens (including phenoxy) is 1. The lowest BCUT2D eigenvalue weighted by molar-refractivity contribution is -0.140. The van der Waals surface area contributed by atoms with Gasteiger partial charge in [-0.3, -0.25) is 9.59 Å². The molecule has 0 heterocycles. The summed E-state index contributed by atoms with van der Waals surface area (Å²) in [5.74, 6) is -1.09. The Morgan fingerprint density at radius 2 is 2.06 bits per heavy atom. The third kappa shape index (κ3) is 7.23. The summed E-state index contributed by atoms with van der Waals surface area (Å²) in [5.41, 5.74) is 0. The highest BCUT2D eigenvalue weighted by atomic mass is 16.5. The number of esters is 1. The molecular formula is C11H21NO4. The van der Waals surface area contributed by atoms with Gasteiger partial charge in [0.2, 0.25) is 0 Å².